The minimum Gasteiger partial charge on any atom is -0.481 e. The standard InChI is InChI=1S/C18H19F2NO3/c1-8(2)14-10-4-5-11(14)16(18(23)24)15(10)17(22)21-13-7-9(19)3-6-12(13)20/h3,6-7,10-11,15-16H,4-5H2,1-2H3,(H,21,22)(H,23,24)/t10-,11+,15-,16-/m1/s1. The van der Waals surface area contributed by atoms with Crippen molar-refractivity contribution in [1.29, 1.82) is 0 Å². The molecule has 1 amide bonds. The Kier molecular flexibility index (Phi) is 4.15. The molecule has 0 aliphatic heterocycles. The molecule has 1 aromatic carbocycles. The first-order valence-corrected chi connectivity index (χ1v) is 7.97. The van der Waals surface area contributed by atoms with Gasteiger partial charge in [0.2, 0.25) is 5.91 Å². The van der Waals surface area contributed by atoms with Crippen LogP contribution in [0.2, 0.25) is 0 Å². The molecule has 0 spiro atoms. The van der Waals surface area contributed by atoms with Crippen molar-refractivity contribution in [1.82, 2.24) is 0 Å². The fraction of sp³-hybridized carbons (Fsp3) is 0.444. The average molecular weight is 335 g/mol. The van der Waals surface area contributed by atoms with Crippen LogP contribution in [0.4, 0.5) is 14.5 Å². The number of allylic oxidation sites excluding steroid dienone is 2. The molecule has 0 heterocycles. The van der Waals surface area contributed by atoms with Crippen LogP contribution in [0.5, 0.6) is 0 Å². The molecule has 3 rings (SSSR count). The van der Waals surface area contributed by atoms with Crippen LogP contribution in [0.15, 0.2) is 29.3 Å². The lowest BCUT2D eigenvalue weighted by Gasteiger charge is -2.26. The third kappa shape index (κ3) is 2.60. The number of nitrogens with one attached hydrogen (secondary N) is 1. The van der Waals surface area contributed by atoms with Crippen LogP contribution < -0.4 is 5.32 Å². The average Bonchev–Trinajstić information content (AvgIpc) is 3.06. The second kappa shape index (κ2) is 6.00. The van der Waals surface area contributed by atoms with Gasteiger partial charge in [-0.3, -0.25) is 9.59 Å². The SMILES string of the molecule is CC(C)=C1[C@H]2CC[C@@H]1[C@@H](C(=O)O)[C@@H]2C(=O)Nc1cc(F)ccc1F. The van der Waals surface area contributed by atoms with Crippen molar-refractivity contribution >= 4 is 17.6 Å². The molecule has 0 radical (unpaired) electrons. The first-order valence-electron chi connectivity index (χ1n) is 7.97. The molecule has 4 nitrogen and oxygen atoms in total. The molecule has 128 valence electrons. The number of hydrogen-bond acceptors (Lipinski definition) is 2. The van der Waals surface area contributed by atoms with E-state index in [0.29, 0.717) is 0 Å². The first-order chi connectivity index (χ1) is 11.3. The van der Waals surface area contributed by atoms with E-state index in [4.69, 9.17) is 0 Å². The molecule has 2 aliphatic rings. The van der Waals surface area contributed by atoms with Crippen LogP contribution >= 0.6 is 0 Å². The number of fused-ring (bicyclic) bond motifs is 2. The van der Waals surface area contributed by atoms with E-state index in [1.165, 1.54) is 0 Å². The molecular weight excluding hydrogens is 316 g/mol. The minimum absolute atomic E-state index is 0.141. The number of halogens is 2. The summed E-state index contributed by atoms with van der Waals surface area (Å²) in [4.78, 5) is 24.4. The van der Waals surface area contributed by atoms with Crippen molar-refractivity contribution in [2.24, 2.45) is 23.7 Å². The Morgan fingerprint density at radius 1 is 1.12 bits per heavy atom. The van der Waals surface area contributed by atoms with E-state index in [1.54, 1.807) is 0 Å². The van der Waals surface area contributed by atoms with Gasteiger partial charge in [0.25, 0.3) is 0 Å². The summed E-state index contributed by atoms with van der Waals surface area (Å²) in [5.41, 5.74) is 1.83. The van der Waals surface area contributed by atoms with E-state index in [0.717, 1.165) is 42.2 Å². The predicted molar refractivity (Wildman–Crippen MR) is 84.2 cm³/mol. The number of carbonyl (C=O) groups excluding carboxylic acids is 1. The first kappa shape index (κ1) is 16.6. The van der Waals surface area contributed by atoms with Crippen molar-refractivity contribution in [3.8, 4) is 0 Å². The van der Waals surface area contributed by atoms with Gasteiger partial charge in [-0.1, -0.05) is 11.1 Å². The molecule has 2 fully saturated rings. The Bertz CT molecular complexity index is 740. The van der Waals surface area contributed by atoms with Gasteiger partial charge < -0.3 is 10.4 Å². The number of carboxylic acids is 1. The molecule has 0 saturated heterocycles. The maximum absolute atomic E-state index is 13.8. The van der Waals surface area contributed by atoms with Crippen LogP contribution in [0.1, 0.15) is 26.7 Å². The van der Waals surface area contributed by atoms with E-state index in [9.17, 15) is 23.5 Å². The zero-order chi connectivity index (χ0) is 17.6. The molecule has 4 atom stereocenters. The number of hydrogen-bond donors (Lipinski definition) is 2. The van der Waals surface area contributed by atoms with Gasteiger partial charge in [-0.05, 0) is 50.7 Å². The molecule has 2 saturated carbocycles. The monoisotopic (exact) mass is 335 g/mol. The summed E-state index contributed by atoms with van der Waals surface area (Å²) in [5, 5.41) is 12.0. The Morgan fingerprint density at radius 3 is 2.33 bits per heavy atom. The number of benzene rings is 1. The molecule has 6 heteroatoms. The van der Waals surface area contributed by atoms with Crippen LogP contribution in [-0.4, -0.2) is 17.0 Å². The maximum Gasteiger partial charge on any atom is 0.307 e. The summed E-state index contributed by atoms with van der Waals surface area (Å²) in [6.45, 7) is 3.85. The summed E-state index contributed by atoms with van der Waals surface area (Å²) >= 11 is 0. The lowest BCUT2D eigenvalue weighted by atomic mass is 9.78. The Hall–Kier alpha value is -2.24. The van der Waals surface area contributed by atoms with Crippen LogP contribution in [0.3, 0.4) is 0 Å². The van der Waals surface area contributed by atoms with E-state index in [2.05, 4.69) is 5.32 Å². The number of anilines is 1. The number of rotatable bonds is 3. The van der Waals surface area contributed by atoms with Crippen molar-refractivity contribution in [2.75, 3.05) is 5.32 Å². The second-order valence-electron chi connectivity index (χ2n) is 6.75. The summed E-state index contributed by atoms with van der Waals surface area (Å²) in [6, 6.07) is 2.80. The molecule has 0 aromatic heterocycles. The van der Waals surface area contributed by atoms with E-state index in [1.807, 2.05) is 13.8 Å². The lowest BCUT2D eigenvalue weighted by molar-refractivity contribution is -0.148. The normalized spacial score (nSPS) is 28.1. The van der Waals surface area contributed by atoms with Crippen molar-refractivity contribution in [3.05, 3.63) is 41.0 Å². The van der Waals surface area contributed by atoms with E-state index >= 15 is 0 Å². The van der Waals surface area contributed by atoms with Gasteiger partial charge in [-0.15, -0.1) is 0 Å². The number of carbonyl (C=O) groups is 2. The van der Waals surface area contributed by atoms with Gasteiger partial charge in [0, 0.05) is 6.07 Å². The summed E-state index contributed by atoms with van der Waals surface area (Å²) < 4.78 is 27.0. The Balaban J connectivity index is 1.92. The third-order valence-electron chi connectivity index (χ3n) is 5.19. The van der Waals surface area contributed by atoms with Crippen molar-refractivity contribution in [3.63, 3.8) is 0 Å². The number of aliphatic carboxylic acids is 1. The van der Waals surface area contributed by atoms with Gasteiger partial charge in [-0.25, -0.2) is 8.78 Å². The quantitative estimate of drug-likeness (QED) is 0.830. The molecule has 2 bridgehead atoms. The van der Waals surface area contributed by atoms with Gasteiger partial charge in [0.05, 0.1) is 17.5 Å². The minimum atomic E-state index is -1.01. The predicted octanol–water partition coefficient (Wildman–Crippen LogP) is 3.60. The molecule has 0 unspecified atom stereocenters. The van der Waals surface area contributed by atoms with Crippen molar-refractivity contribution in [2.45, 2.75) is 26.7 Å². The highest BCUT2D eigenvalue weighted by atomic mass is 19.1. The van der Waals surface area contributed by atoms with Crippen LogP contribution in [0.25, 0.3) is 0 Å². The van der Waals surface area contributed by atoms with Crippen LogP contribution in [0, 0.1) is 35.3 Å². The summed E-state index contributed by atoms with van der Waals surface area (Å²) in [5.74, 6) is -4.84. The van der Waals surface area contributed by atoms with Gasteiger partial charge in [0.1, 0.15) is 11.6 Å². The molecule has 24 heavy (non-hydrogen) atoms. The highest BCUT2D eigenvalue weighted by Gasteiger charge is 2.57. The summed E-state index contributed by atoms with van der Waals surface area (Å²) in [7, 11) is 0. The molecule has 1 aromatic rings. The highest BCUT2D eigenvalue weighted by molar-refractivity contribution is 5.96. The van der Waals surface area contributed by atoms with E-state index in [-0.39, 0.29) is 17.5 Å². The van der Waals surface area contributed by atoms with Gasteiger partial charge in [-0.2, -0.15) is 0 Å². The zero-order valence-corrected chi connectivity index (χ0v) is 13.5. The zero-order valence-electron chi connectivity index (χ0n) is 13.5. The number of amides is 1. The van der Waals surface area contributed by atoms with Gasteiger partial charge >= 0.3 is 5.97 Å². The molecule has 2 aliphatic carbocycles. The van der Waals surface area contributed by atoms with E-state index < -0.39 is 35.3 Å². The smallest absolute Gasteiger partial charge is 0.307 e. The molecular formula is C18H19F2NO3. The Labute approximate surface area is 138 Å². The number of carboxylic acid groups (broad SMARTS) is 1. The third-order valence-corrected chi connectivity index (χ3v) is 5.19. The van der Waals surface area contributed by atoms with Gasteiger partial charge in [0.15, 0.2) is 0 Å². The highest BCUT2D eigenvalue weighted by Crippen LogP contribution is 2.57. The fourth-order valence-electron chi connectivity index (χ4n) is 4.41. The maximum atomic E-state index is 13.8. The second-order valence-corrected chi connectivity index (χ2v) is 6.75. The van der Waals surface area contributed by atoms with Crippen LogP contribution in [-0.2, 0) is 9.59 Å². The molecule has 2 N–H and O–H groups in total. The summed E-state index contributed by atoms with van der Waals surface area (Å²) in [6.07, 6.45) is 1.50. The fourth-order valence-corrected chi connectivity index (χ4v) is 4.41. The topological polar surface area (TPSA) is 66.4 Å². The largest absolute Gasteiger partial charge is 0.481 e. The Morgan fingerprint density at radius 2 is 1.75 bits per heavy atom. The lowest BCUT2D eigenvalue weighted by Crippen LogP contribution is -2.38. The van der Waals surface area contributed by atoms with Crippen molar-refractivity contribution < 1.29 is 23.5 Å².